The SMILES string of the molecule is CCCCP(CCCC)c1cc2ccccc2[cH-]1.[C-]1=CC=CC1.[Cl-].[Cl-].[Zr+4]. The Hall–Kier alpha value is 0.203. The second kappa shape index (κ2) is 17.3. The van der Waals surface area contributed by atoms with E-state index in [1.54, 1.807) is 5.30 Å². The summed E-state index contributed by atoms with van der Waals surface area (Å²) in [6, 6.07) is 13.6. The molecule has 0 N–H and O–H groups in total. The fourth-order valence-corrected chi connectivity index (χ4v) is 5.50. The zero-order valence-corrected chi connectivity index (χ0v) is 20.7. The number of benzene rings is 1. The van der Waals surface area contributed by atoms with E-state index in [9.17, 15) is 0 Å². The minimum atomic E-state index is 0. The zero-order chi connectivity index (χ0) is 16.3. The summed E-state index contributed by atoms with van der Waals surface area (Å²) in [5.74, 6) is 0. The Morgan fingerprint density at radius 3 is 2.15 bits per heavy atom. The van der Waals surface area contributed by atoms with E-state index in [0.29, 0.717) is 0 Å². The van der Waals surface area contributed by atoms with Crippen LogP contribution in [-0.2, 0) is 26.2 Å². The minimum absolute atomic E-state index is 0. The van der Waals surface area contributed by atoms with Crippen molar-refractivity contribution in [1.82, 2.24) is 0 Å². The number of fused-ring (bicyclic) bond motifs is 1. The Kier molecular flexibility index (Phi) is 18.9. The quantitative estimate of drug-likeness (QED) is 0.397. The van der Waals surface area contributed by atoms with Gasteiger partial charge in [-0.05, 0) is 25.2 Å². The Labute approximate surface area is 193 Å². The predicted molar refractivity (Wildman–Crippen MR) is 107 cm³/mol. The first-order valence-electron chi connectivity index (χ1n) is 8.97. The summed E-state index contributed by atoms with van der Waals surface area (Å²) in [6.45, 7) is 4.60. The van der Waals surface area contributed by atoms with Crippen molar-refractivity contribution in [3.05, 3.63) is 60.7 Å². The van der Waals surface area contributed by atoms with E-state index >= 15 is 0 Å². The smallest absolute Gasteiger partial charge is 1.00 e. The van der Waals surface area contributed by atoms with E-state index in [1.807, 2.05) is 12.2 Å². The molecule has 0 atom stereocenters. The Morgan fingerprint density at radius 2 is 1.69 bits per heavy atom. The van der Waals surface area contributed by atoms with Crippen LogP contribution in [0.1, 0.15) is 46.0 Å². The Bertz CT molecular complexity index is 583. The molecule has 0 saturated heterocycles. The Morgan fingerprint density at radius 1 is 1.04 bits per heavy atom. The fraction of sp³-hybridized carbons (Fsp3) is 0.409. The molecule has 0 radical (unpaired) electrons. The first kappa shape index (κ1) is 28.4. The summed E-state index contributed by atoms with van der Waals surface area (Å²) in [6.07, 6.45) is 18.3. The van der Waals surface area contributed by atoms with Crippen LogP contribution in [0.15, 0.2) is 54.6 Å². The van der Waals surface area contributed by atoms with Crippen molar-refractivity contribution in [2.45, 2.75) is 46.0 Å². The van der Waals surface area contributed by atoms with Gasteiger partial charge in [0.25, 0.3) is 0 Å². The summed E-state index contributed by atoms with van der Waals surface area (Å²) in [5, 5.41) is 4.48. The Balaban J connectivity index is 0. The third kappa shape index (κ3) is 9.94. The summed E-state index contributed by atoms with van der Waals surface area (Å²) >= 11 is 0. The van der Waals surface area contributed by atoms with Crippen LogP contribution in [0.25, 0.3) is 10.8 Å². The van der Waals surface area contributed by atoms with E-state index in [-0.39, 0.29) is 58.9 Å². The molecule has 1 aliphatic rings. The molecule has 0 heterocycles. The van der Waals surface area contributed by atoms with E-state index in [0.717, 1.165) is 6.42 Å². The molecule has 140 valence electrons. The number of hydrogen-bond acceptors (Lipinski definition) is 0. The summed E-state index contributed by atoms with van der Waals surface area (Å²) in [7, 11) is 0.0856. The van der Waals surface area contributed by atoms with Gasteiger partial charge in [0.05, 0.1) is 0 Å². The molecule has 4 heteroatoms. The van der Waals surface area contributed by atoms with Crippen LogP contribution in [0.3, 0.4) is 0 Å². The summed E-state index contributed by atoms with van der Waals surface area (Å²) < 4.78 is 0. The number of rotatable bonds is 7. The molecule has 0 unspecified atom stereocenters. The van der Waals surface area contributed by atoms with Crippen LogP contribution in [0.2, 0.25) is 0 Å². The summed E-state index contributed by atoms with van der Waals surface area (Å²) in [5.41, 5.74) is 0. The van der Waals surface area contributed by atoms with E-state index in [4.69, 9.17) is 0 Å². The number of unbranched alkanes of at least 4 members (excludes halogenated alkanes) is 2. The molecule has 0 amide bonds. The molecule has 0 fully saturated rings. The van der Waals surface area contributed by atoms with Gasteiger partial charge in [-0.15, -0.1) is 46.8 Å². The molecular weight excluding hydrogens is 457 g/mol. The largest absolute Gasteiger partial charge is 4.00 e. The predicted octanol–water partition coefficient (Wildman–Crippen LogP) is 0.577. The van der Waals surface area contributed by atoms with Gasteiger partial charge in [0.2, 0.25) is 0 Å². The molecular formula is C22H29Cl2PZr. The number of allylic oxidation sites excluding steroid dienone is 4. The van der Waals surface area contributed by atoms with Gasteiger partial charge in [0, 0.05) is 0 Å². The van der Waals surface area contributed by atoms with Crippen molar-refractivity contribution < 1.29 is 51.0 Å². The molecule has 0 saturated carbocycles. The van der Waals surface area contributed by atoms with Gasteiger partial charge < -0.3 is 24.8 Å². The van der Waals surface area contributed by atoms with Crippen LogP contribution in [0.4, 0.5) is 0 Å². The summed E-state index contributed by atoms with van der Waals surface area (Å²) in [4.78, 5) is 0. The van der Waals surface area contributed by atoms with Gasteiger partial charge in [0.1, 0.15) is 0 Å². The average Bonchev–Trinajstić information content (AvgIpc) is 3.27. The molecule has 0 aromatic heterocycles. The average molecular weight is 487 g/mol. The van der Waals surface area contributed by atoms with Crippen LogP contribution >= 0.6 is 7.92 Å². The molecule has 26 heavy (non-hydrogen) atoms. The van der Waals surface area contributed by atoms with Crippen molar-refractivity contribution in [3.63, 3.8) is 0 Å². The van der Waals surface area contributed by atoms with Gasteiger partial charge in [-0.1, -0.05) is 40.7 Å². The van der Waals surface area contributed by atoms with Crippen molar-refractivity contribution in [3.8, 4) is 0 Å². The van der Waals surface area contributed by atoms with Crippen LogP contribution in [0, 0.1) is 6.08 Å². The first-order valence-corrected chi connectivity index (χ1v) is 10.7. The third-order valence-corrected chi connectivity index (χ3v) is 6.82. The zero-order valence-electron chi connectivity index (χ0n) is 15.8. The monoisotopic (exact) mass is 484 g/mol. The maximum Gasteiger partial charge on any atom is 4.00 e. The van der Waals surface area contributed by atoms with E-state index in [2.05, 4.69) is 62.4 Å². The van der Waals surface area contributed by atoms with Crippen molar-refractivity contribution >= 4 is 24.0 Å². The second-order valence-corrected chi connectivity index (χ2v) is 8.53. The third-order valence-electron chi connectivity index (χ3n) is 4.12. The molecule has 0 bridgehead atoms. The van der Waals surface area contributed by atoms with Crippen molar-refractivity contribution in [2.24, 2.45) is 0 Å². The van der Waals surface area contributed by atoms with Crippen LogP contribution < -0.4 is 30.1 Å². The topological polar surface area (TPSA) is 0 Å². The van der Waals surface area contributed by atoms with Gasteiger partial charge in [0.15, 0.2) is 0 Å². The van der Waals surface area contributed by atoms with Crippen LogP contribution in [0.5, 0.6) is 0 Å². The van der Waals surface area contributed by atoms with Crippen molar-refractivity contribution in [1.29, 1.82) is 0 Å². The fourth-order valence-electron chi connectivity index (χ4n) is 2.72. The molecule has 2 aromatic rings. The van der Waals surface area contributed by atoms with Gasteiger partial charge in [-0.2, -0.15) is 12.1 Å². The van der Waals surface area contributed by atoms with E-state index < -0.39 is 0 Å². The second-order valence-electron chi connectivity index (χ2n) is 6.04. The molecule has 0 spiro atoms. The first-order chi connectivity index (χ1) is 11.3. The minimum Gasteiger partial charge on any atom is -1.00 e. The molecule has 2 aromatic carbocycles. The van der Waals surface area contributed by atoms with Gasteiger partial charge in [-0.3, -0.25) is 6.08 Å². The molecule has 1 aliphatic carbocycles. The van der Waals surface area contributed by atoms with E-state index in [1.165, 1.54) is 48.8 Å². The van der Waals surface area contributed by atoms with Crippen LogP contribution in [-0.4, -0.2) is 12.3 Å². The number of hydrogen-bond donors (Lipinski definition) is 0. The maximum absolute atomic E-state index is 2.99. The maximum atomic E-state index is 2.99. The molecule has 3 rings (SSSR count). The molecule has 0 aliphatic heterocycles. The number of halogens is 2. The molecule has 0 nitrogen and oxygen atoms in total. The standard InChI is InChI=1S/C17H24P.C5H5.2ClH.Zr/c1-3-5-11-18(12-6-4-2)17-13-15-9-7-8-10-16(15)14-17;1-2-4-5-3-1;;;/h7-10,13-14H,3-6,11-12H2,1-2H3;1-3H,4H2;2*1H;/q2*-1;;;+4/p-2. The van der Waals surface area contributed by atoms with Gasteiger partial charge in [-0.25, -0.2) is 12.2 Å². The van der Waals surface area contributed by atoms with Crippen molar-refractivity contribution in [2.75, 3.05) is 12.3 Å². The van der Waals surface area contributed by atoms with Gasteiger partial charge >= 0.3 is 26.2 Å². The normalized spacial score (nSPS) is 11.3.